The van der Waals surface area contributed by atoms with Gasteiger partial charge in [0.15, 0.2) is 5.96 Å². The fraction of sp³-hybridized carbons (Fsp3) is 0.667. The Balaban J connectivity index is 1.50. The van der Waals surface area contributed by atoms with Crippen LogP contribution >= 0.6 is 0 Å². The van der Waals surface area contributed by atoms with Crippen LogP contribution in [0, 0.1) is 0 Å². The third-order valence-corrected chi connectivity index (χ3v) is 5.81. The number of hydrogen-bond acceptors (Lipinski definition) is 3. The van der Waals surface area contributed by atoms with Crippen molar-refractivity contribution < 1.29 is 4.74 Å². The number of hydrogen-bond donors (Lipinski definition) is 2. The summed E-state index contributed by atoms with van der Waals surface area (Å²) in [5.74, 6) is 0.873. The van der Waals surface area contributed by atoms with Crippen LogP contribution in [-0.2, 0) is 17.7 Å². The zero-order chi connectivity index (χ0) is 18.4. The van der Waals surface area contributed by atoms with Gasteiger partial charge in [0.2, 0.25) is 0 Å². The van der Waals surface area contributed by atoms with Gasteiger partial charge in [-0.3, -0.25) is 9.89 Å². The molecule has 1 aromatic carbocycles. The molecule has 2 unspecified atom stereocenters. The van der Waals surface area contributed by atoms with Crippen LogP contribution in [0.2, 0.25) is 0 Å². The first kappa shape index (κ1) is 19.2. The van der Waals surface area contributed by atoms with Crippen molar-refractivity contribution in [3.05, 3.63) is 35.4 Å². The summed E-state index contributed by atoms with van der Waals surface area (Å²) >= 11 is 0. The molecule has 3 rings (SSSR count). The number of guanidine groups is 1. The first-order valence-corrected chi connectivity index (χ1v) is 10.0. The molecule has 0 bridgehead atoms. The first-order chi connectivity index (χ1) is 12.6. The summed E-state index contributed by atoms with van der Waals surface area (Å²) in [6.45, 7) is 9.23. The highest BCUT2D eigenvalue weighted by Gasteiger charge is 2.30. The van der Waals surface area contributed by atoms with Crippen LogP contribution in [0.15, 0.2) is 29.3 Å². The predicted octanol–water partition coefficient (Wildman–Crippen LogP) is 2.56. The number of ether oxygens (including phenoxy) is 1. The van der Waals surface area contributed by atoms with Crippen molar-refractivity contribution in [3.8, 4) is 0 Å². The van der Waals surface area contributed by atoms with Crippen molar-refractivity contribution in [2.24, 2.45) is 4.99 Å². The van der Waals surface area contributed by atoms with Gasteiger partial charge in [0.1, 0.15) is 0 Å². The molecule has 1 saturated heterocycles. The van der Waals surface area contributed by atoms with Crippen LogP contribution in [-0.4, -0.2) is 55.8 Å². The molecule has 2 aliphatic rings. The van der Waals surface area contributed by atoms with E-state index in [1.165, 1.54) is 11.1 Å². The molecule has 0 amide bonds. The van der Waals surface area contributed by atoms with Gasteiger partial charge in [-0.25, -0.2) is 0 Å². The minimum atomic E-state index is -0.0572. The third-order valence-electron chi connectivity index (χ3n) is 5.81. The second kappa shape index (κ2) is 8.87. The van der Waals surface area contributed by atoms with Gasteiger partial charge in [-0.15, -0.1) is 0 Å². The monoisotopic (exact) mass is 358 g/mol. The summed E-state index contributed by atoms with van der Waals surface area (Å²) in [5, 5.41) is 6.97. The molecule has 0 radical (unpaired) electrons. The topological polar surface area (TPSA) is 48.9 Å². The van der Waals surface area contributed by atoms with E-state index >= 15 is 0 Å². The molecule has 0 spiro atoms. The second-order valence-electron chi connectivity index (χ2n) is 7.76. The Bertz CT molecular complexity index is 610. The van der Waals surface area contributed by atoms with Crippen LogP contribution < -0.4 is 10.6 Å². The molecule has 144 valence electrons. The number of rotatable bonds is 6. The lowest BCUT2D eigenvalue weighted by atomic mass is 9.98. The Kier molecular flexibility index (Phi) is 6.54. The van der Waals surface area contributed by atoms with Gasteiger partial charge in [-0.1, -0.05) is 31.2 Å². The minimum absolute atomic E-state index is 0.0572. The SMILES string of the molecule is CCC(CNC(=NC)NCC1(C)CCCO1)N1CCc2ccccc2C1. The Morgan fingerprint density at radius 1 is 1.31 bits per heavy atom. The summed E-state index contributed by atoms with van der Waals surface area (Å²) in [4.78, 5) is 6.99. The summed E-state index contributed by atoms with van der Waals surface area (Å²) < 4.78 is 5.86. The minimum Gasteiger partial charge on any atom is -0.373 e. The van der Waals surface area contributed by atoms with Crippen molar-refractivity contribution in [1.82, 2.24) is 15.5 Å². The van der Waals surface area contributed by atoms with E-state index in [0.717, 1.165) is 64.4 Å². The normalized spacial score (nSPS) is 25.0. The van der Waals surface area contributed by atoms with Crippen LogP contribution in [0.25, 0.3) is 0 Å². The maximum absolute atomic E-state index is 5.86. The quantitative estimate of drug-likeness (QED) is 0.606. The number of fused-ring (bicyclic) bond motifs is 1. The highest BCUT2D eigenvalue weighted by molar-refractivity contribution is 5.79. The molecule has 1 fully saturated rings. The number of benzene rings is 1. The maximum atomic E-state index is 5.86. The van der Waals surface area contributed by atoms with Crippen molar-refractivity contribution in [2.75, 3.05) is 33.3 Å². The molecule has 2 N–H and O–H groups in total. The third kappa shape index (κ3) is 4.77. The summed E-state index contributed by atoms with van der Waals surface area (Å²) in [6.07, 6.45) is 4.54. The smallest absolute Gasteiger partial charge is 0.191 e. The molecule has 2 heterocycles. The van der Waals surface area contributed by atoms with Gasteiger partial charge in [-0.2, -0.15) is 0 Å². The molecule has 2 atom stereocenters. The zero-order valence-electron chi connectivity index (χ0n) is 16.6. The highest BCUT2D eigenvalue weighted by atomic mass is 16.5. The molecule has 26 heavy (non-hydrogen) atoms. The van der Waals surface area contributed by atoms with Gasteiger partial charge >= 0.3 is 0 Å². The number of nitrogens with zero attached hydrogens (tertiary/aromatic N) is 2. The van der Waals surface area contributed by atoms with E-state index in [9.17, 15) is 0 Å². The second-order valence-corrected chi connectivity index (χ2v) is 7.76. The van der Waals surface area contributed by atoms with Crippen molar-refractivity contribution >= 4 is 5.96 Å². The Hall–Kier alpha value is -1.59. The molecule has 0 aromatic heterocycles. The lowest BCUT2D eigenvalue weighted by Gasteiger charge is -2.35. The van der Waals surface area contributed by atoms with Gasteiger partial charge < -0.3 is 15.4 Å². The molecule has 1 aromatic rings. The lowest BCUT2D eigenvalue weighted by Crippen LogP contribution is -2.50. The summed E-state index contributed by atoms with van der Waals surface area (Å²) in [5.41, 5.74) is 2.93. The van der Waals surface area contributed by atoms with E-state index in [-0.39, 0.29) is 5.60 Å². The van der Waals surface area contributed by atoms with E-state index < -0.39 is 0 Å². The Morgan fingerprint density at radius 3 is 2.81 bits per heavy atom. The fourth-order valence-electron chi connectivity index (χ4n) is 4.04. The predicted molar refractivity (Wildman–Crippen MR) is 108 cm³/mol. The molecule has 5 nitrogen and oxygen atoms in total. The highest BCUT2D eigenvalue weighted by Crippen LogP contribution is 2.24. The van der Waals surface area contributed by atoms with E-state index in [0.29, 0.717) is 6.04 Å². The number of aliphatic imine (C=N–C) groups is 1. The van der Waals surface area contributed by atoms with Crippen LogP contribution in [0.1, 0.15) is 44.2 Å². The van der Waals surface area contributed by atoms with Crippen molar-refractivity contribution in [2.45, 2.75) is 57.7 Å². The Labute approximate surface area is 158 Å². The molecule has 0 saturated carbocycles. The van der Waals surface area contributed by atoms with Crippen LogP contribution in [0.3, 0.4) is 0 Å². The Morgan fingerprint density at radius 2 is 2.12 bits per heavy atom. The molecule has 5 heteroatoms. The van der Waals surface area contributed by atoms with Gasteiger partial charge in [-0.05, 0) is 43.7 Å². The van der Waals surface area contributed by atoms with Crippen LogP contribution in [0.4, 0.5) is 0 Å². The molecule has 2 aliphatic heterocycles. The van der Waals surface area contributed by atoms with E-state index in [1.807, 2.05) is 7.05 Å². The fourth-order valence-corrected chi connectivity index (χ4v) is 4.04. The zero-order valence-corrected chi connectivity index (χ0v) is 16.6. The molecular formula is C21H34N4O. The summed E-state index contributed by atoms with van der Waals surface area (Å²) in [6, 6.07) is 9.35. The van der Waals surface area contributed by atoms with Gasteiger partial charge in [0, 0.05) is 45.9 Å². The van der Waals surface area contributed by atoms with Crippen molar-refractivity contribution in [3.63, 3.8) is 0 Å². The number of nitrogens with one attached hydrogen (secondary N) is 2. The molecular weight excluding hydrogens is 324 g/mol. The van der Waals surface area contributed by atoms with E-state index in [4.69, 9.17) is 4.74 Å². The van der Waals surface area contributed by atoms with Gasteiger partial charge in [0.05, 0.1) is 5.60 Å². The largest absolute Gasteiger partial charge is 0.373 e. The lowest BCUT2D eigenvalue weighted by molar-refractivity contribution is 0.0242. The average molecular weight is 359 g/mol. The first-order valence-electron chi connectivity index (χ1n) is 10.0. The van der Waals surface area contributed by atoms with Crippen molar-refractivity contribution in [1.29, 1.82) is 0 Å². The maximum Gasteiger partial charge on any atom is 0.191 e. The molecule has 0 aliphatic carbocycles. The standard InChI is InChI=1S/C21H34N4O/c1-4-19(25-12-10-17-8-5-6-9-18(17)15-25)14-23-20(22-3)24-16-21(2)11-7-13-26-21/h5-6,8-9,19H,4,7,10-16H2,1-3H3,(H2,22,23,24). The average Bonchev–Trinajstić information content (AvgIpc) is 3.11. The van der Waals surface area contributed by atoms with E-state index in [1.54, 1.807) is 0 Å². The van der Waals surface area contributed by atoms with E-state index in [2.05, 4.69) is 58.6 Å². The van der Waals surface area contributed by atoms with Crippen LogP contribution in [0.5, 0.6) is 0 Å². The van der Waals surface area contributed by atoms with Gasteiger partial charge in [0.25, 0.3) is 0 Å². The summed E-state index contributed by atoms with van der Waals surface area (Å²) in [7, 11) is 1.84.